The summed E-state index contributed by atoms with van der Waals surface area (Å²) in [5.41, 5.74) is 6.94. The average molecular weight is 565 g/mol. The van der Waals surface area contributed by atoms with E-state index in [1.165, 1.54) is 44.8 Å². The Bertz CT molecular complexity index is 1650. The van der Waals surface area contributed by atoms with Gasteiger partial charge in [0.25, 0.3) is 5.91 Å². The Morgan fingerprint density at radius 2 is 1.75 bits per heavy atom. The molecule has 0 aliphatic rings. The van der Waals surface area contributed by atoms with Gasteiger partial charge in [0.05, 0.1) is 36.6 Å². The molecule has 5 aromatic rings. The molecule has 2 aromatic carbocycles. The largest absolute Gasteiger partial charge is 0.495 e. The fraction of sp³-hybridized carbons (Fsp3) is 0.111. The Morgan fingerprint density at radius 3 is 2.33 bits per heavy atom. The van der Waals surface area contributed by atoms with E-state index in [1.807, 2.05) is 16.8 Å². The maximum Gasteiger partial charge on any atom is 0.337 e. The molecule has 1 amide bonds. The number of hydrogen-bond donors (Lipinski definition) is 2. The van der Waals surface area contributed by atoms with Gasteiger partial charge in [0, 0.05) is 54.7 Å². The van der Waals surface area contributed by atoms with Crippen molar-refractivity contribution in [2.45, 2.75) is 6.54 Å². The molecule has 5 rings (SSSR count). The number of aromatic carboxylic acids is 1. The molecule has 3 heterocycles. The van der Waals surface area contributed by atoms with Crippen LogP contribution in [0, 0.1) is 5.82 Å². The number of pyridine rings is 1. The highest BCUT2D eigenvalue weighted by molar-refractivity contribution is 6.35. The van der Waals surface area contributed by atoms with Crippen molar-refractivity contribution in [1.29, 1.82) is 0 Å². The van der Waals surface area contributed by atoms with Crippen LogP contribution in [0.5, 0.6) is 11.5 Å². The van der Waals surface area contributed by atoms with Crippen molar-refractivity contribution in [3.05, 3.63) is 95.3 Å². The summed E-state index contributed by atoms with van der Waals surface area (Å²) in [6.07, 6.45) is 9.69. The lowest BCUT2D eigenvalue weighted by Gasteiger charge is -2.15. The van der Waals surface area contributed by atoms with Gasteiger partial charge in [-0.25, -0.2) is 14.2 Å². The van der Waals surface area contributed by atoms with Gasteiger partial charge in [-0.15, -0.1) is 0 Å². The number of aromatic nitrogens is 5. The third-order valence-corrected chi connectivity index (χ3v) is 6.08. The number of imidazole rings is 1. The maximum absolute atomic E-state index is 14.9. The first-order chi connectivity index (χ1) is 19.2. The lowest BCUT2D eigenvalue weighted by atomic mass is 9.99. The maximum atomic E-state index is 14.9. The Labute approximate surface area is 232 Å². The van der Waals surface area contributed by atoms with E-state index in [-0.39, 0.29) is 49.9 Å². The minimum atomic E-state index is -1.16. The third kappa shape index (κ3) is 5.81. The van der Waals surface area contributed by atoms with Crippen LogP contribution in [-0.2, 0) is 6.54 Å². The number of halogens is 2. The number of carbonyl (C=O) groups is 2. The van der Waals surface area contributed by atoms with Crippen molar-refractivity contribution >= 4 is 34.5 Å². The number of carbonyl (C=O) groups excluding carboxylic acids is 1. The van der Waals surface area contributed by atoms with Crippen molar-refractivity contribution in [3.8, 4) is 22.6 Å². The lowest BCUT2D eigenvalue weighted by molar-refractivity contribution is 0.0698. The van der Waals surface area contributed by atoms with E-state index in [9.17, 15) is 19.1 Å². The van der Waals surface area contributed by atoms with Crippen LogP contribution in [0.25, 0.3) is 22.2 Å². The molecule has 0 radical (unpaired) electrons. The summed E-state index contributed by atoms with van der Waals surface area (Å²) in [6.45, 7) is 0.687. The second-order valence-electron chi connectivity index (χ2n) is 8.15. The molecule has 0 aliphatic heterocycles. The minimum Gasteiger partial charge on any atom is -0.495 e. The molecule has 0 unspecified atom stereocenters. The SMILES string of the molecule is COc1cc(OC)c(Cl)c(-c2ccc(C(=O)O)c3nccnc23)c1F.NC(=O)c1ccc(Cn2ccnc2)cn1. The van der Waals surface area contributed by atoms with E-state index in [2.05, 4.69) is 19.9 Å². The number of benzene rings is 2. The summed E-state index contributed by atoms with van der Waals surface area (Å²) in [5, 5.41) is 9.33. The molecular formula is C27H22ClFN6O5. The number of primary amides is 1. The molecule has 0 saturated carbocycles. The van der Waals surface area contributed by atoms with Crippen LogP contribution in [0.2, 0.25) is 5.02 Å². The number of fused-ring (bicyclic) bond motifs is 1. The van der Waals surface area contributed by atoms with Crippen molar-refractivity contribution in [2.24, 2.45) is 5.73 Å². The van der Waals surface area contributed by atoms with Crippen LogP contribution in [0.15, 0.2) is 67.6 Å². The van der Waals surface area contributed by atoms with Gasteiger partial charge in [0.2, 0.25) is 0 Å². The minimum absolute atomic E-state index is 0.000283. The highest BCUT2D eigenvalue weighted by Crippen LogP contribution is 2.43. The standard InChI is InChI=1S/C17H12ClFN2O4.C10H10N4O/c1-24-10-7-11(25-2)14(19)12(13(10)18)8-3-4-9(17(22)23)16-15(8)20-5-6-21-16;11-10(15)9-2-1-8(5-13-9)6-14-4-3-12-7-14/h3-7H,1-2H3,(H,22,23);1-5,7H,6H2,(H2,11,15). The molecule has 3 N–H and O–H groups in total. The number of amides is 1. The summed E-state index contributed by atoms with van der Waals surface area (Å²) in [6, 6.07) is 7.54. The van der Waals surface area contributed by atoms with Crippen LogP contribution in [0.3, 0.4) is 0 Å². The third-order valence-electron chi connectivity index (χ3n) is 5.70. The zero-order valence-electron chi connectivity index (χ0n) is 21.2. The highest BCUT2D eigenvalue weighted by atomic mass is 35.5. The van der Waals surface area contributed by atoms with Crippen LogP contribution >= 0.6 is 11.6 Å². The van der Waals surface area contributed by atoms with Gasteiger partial charge in [0.1, 0.15) is 17.0 Å². The number of rotatable bonds is 7. The fourth-order valence-electron chi connectivity index (χ4n) is 3.81. The zero-order valence-corrected chi connectivity index (χ0v) is 22.0. The summed E-state index contributed by atoms with van der Waals surface area (Å²) in [5.74, 6) is -2.22. The fourth-order valence-corrected chi connectivity index (χ4v) is 4.12. The van der Waals surface area contributed by atoms with Gasteiger partial charge < -0.3 is 24.9 Å². The number of carboxylic acid groups (broad SMARTS) is 1. The molecule has 11 nitrogen and oxygen atoms in total. The molecule has 40 heavy (non-hydrogen) atoms. The molecule has 0 aliphatic carbocycles. The monoisotopic (exact) mass is 564 g/mol. The van der Waals surface area contributed by atoms with E-state index in [0.717, 1.165) is 5.56 Å². The normalized spacial score (nSPS) is 10.5. The molecule has 204 valence electrons. The number of methoxy groups -OCH3 is 2. The second kappa shape index (κ2) is 12.2. The Kier molecular flexibility index (Phi) is 8.50. The first-order valence-electron chi connectivity index (χ1n) is 11.5. The summed E-state index contributed by atoms with van der Waals surface area (Å²) < 4.78 is 27.0. The highest BCUT2D eigenvalue weighted by Gasteiger charge is 2.23. The molecule has 13 heteroatoms. The smallest absolute Gasteiger partial charge is 0.337 e. The zero-order chi connectivity index (χ0) is 28.8. The molecule has 0 atom stereocenters. The van der Waals surface area contributed by atoms with Crippen LogP contribution in [0.4, 0.5) is 4.39 Å². The Morgan fingerprint density at radius 1 is 1.02 bits per heavy atom. The van der Waals surface area contributed by atoms with Gasteiger partial charge in [-0.3, -0.25) is 19.7 Å². The number of nitrogens with zero attached hydrogens (tertiary/aromatic N) is 5. The van der Waals surface area contributed by atoms with Crippen molar-refractivity contribution in [2.75, 3.05) is 14.2 Å². The predicted octanol–water partition coefficient (Wildman–Crippen LogP) is 4.23. The van der Waals surface area contributed by atoms with Gasteiger partial charge in [-0.05, 0) is 17.7 Å². The van der Waals surface area contributed by atoms with Gasteiger partial charge >= 0.3 is 5.97 Å². The first-order valence-corrected chi connectivity index (χ1v) is 11.9. The van der Waals surface area contributed by atoms with E-state index in [0.29, 0.717) is 6.54 Å². The Hall–Kier alpha value is -5.10. The van der Waals surface area contributed by atoms with E-state index in [1.54, 1.807) is 24.8 Å². The van der Waals surface area contributed by atoms with Crippen molar-refractivity contribution < 1.29 is 28.6 Å². The number of ether oxygens (including phenoxy) is 2. The lowest BCUT2D eigenvalue weighted by Crippen LogP contribution is -2.13. The van der Waals surface area contributed by atoms with E-state index < -0.39 is 17.7 Å². The second-order valence-corrected chi connectivity index (χ2v) is 8.53. The van der Waals surface area contributed by atoms with Crippen molar-refractivity contribution in [3.63, 3.8) is 0 Å². The molecule has 3 aromatic heterocycles. The number of nitrogens with two attached hydrogens (primary N) is 1. The molecular weight excluding hydrogens is 543 g/mol. The number of carboxylic acids is 1. The average Bonchev–Trinajstić information content (AvgIpc) is 3.47. The summed E-state index contributed by atoms with van der Waals surface area (Å²) in [7, 11) is 2.72. The van der Waals surface area contributed by atoms with Gasteiger partial charge in [0.15, 0.2) is 11.6 Å². The Balaban J connectivity index is 0.000000210. The van der Waals surface area contributed by atoms with E-state index >= 15 is 0 Å². The van der Waals surface area contributed by atoms with Crippen LogP contribution in [0.1, 0.15) is 26.4 Å². The molecule has 0 saturated heterocycles. The van der Waals surface area contributed by atoms with Crippen LogP contribution in [-0.4, -0.2) is 55.7 Å². The van der Waals surface area contributed by atoms with Crippen LogP contribution < -0.4 is 15.2 Å². The van der Waals surface area contributed by atoms with E-state index in [4.69, 9.17) is 26.8 Å². The number of hydrogen-bond acceptors (Lipinski definition) is 8. The topological polar surface area (TPSA) is 155 Å². The summed E-state index contributed by atoms with van der Waals surface area (Å²) in [4.78, 5) is 38.3. The van der Waals surface area contributed by atoms with Gasteiger partial charge in [-0.1, -0.05) is 23.7 Å². The quantitative estimate of drug-likeness (QED) is 0.295. The molecule has 0 spiro atoms. The van der Waals surface area contributed by atoms with Gasteiger partial charge in [-0.2, -0.15) is 0 Å². The van der Waals surface area contributed by atoms with Crippen molar-refractivity contribution in [1.82, 2.24) is 24.5 Å². The summed E-state index contributed by atoms with van der Waals surface area (Å²) >= 11 is 6.30. The molecule has 0 bridgehead atoms. The predicted molar refractivity (Wildman–Crippen MR) is 144 cm³/mol. The first kappa shape index (κ1) is 27.9. The molecule has 0 fully saturated rings.